The Morgan fingerprint density at radius 3 is 3.12 bits per heavy atom. The fourth-order valence-corrected chi connectivity index (χ4v) is 3.37. The first-order valence-electron chi connectivity index (χ1n) is 6.07. The van der Waals surface area contributed by atoms with Gasteiger partial charge in [0.15, 0.2) is 5.16 Å². The van der Waals surface area contributed by atoms with Gasteiger partial charge in [-0.25, -0.2) is 4.98 Å². The second-order valence-corrected chi connectivity index (χ2v) is 5.80. The van der Waals surface area contributed by atoms with E-state index in [0.29, 0.717) is 0 Å². The molecule has 0 bridgehead atoms. The van der Waals surface area contributed by atoms with E-state index < -0.39 is 0 Å². The molecule has 90 valence electrons. The van der Waals surface area contributed by atoms with Gasteiger partial charge in [-0.3, -0.25) is 0 Å². The SMILES string of the molecule is CN1CCC(CSc2nc3ccccc3[nH]2)C1. The van der Waals surface area contributed by atoms with E-state index in [1.54, 1.807) is 0 Å². The van der Waals surface area contributed by atoms with Gasteiger partial charge in [0.05, 0.1) is 11.0 Å². The zero-order valence-corrected chi connectivity index (χ0v) is 10.8. The smallest absolute Gasteiger partial charge is 0.166 e. The van der Waals surface area contributed by atoms with E-state index in [1.165, 1.54) is 25.3 Å². The van der Waals surface area contributed by atoms with E-state index in [9.17, 15) is 0 Å². The van der Waals surface area contributed by atoms with Crippen LogP contribution >= 0.6 is 11.8 Å². The van der Waals surface area contributed by atoms with E-state index in [-0.39, 0.29) is 0 Å². The van der Waals surface area contributed by atoms with Crippen LogP contribution in [0, 0.1) is 5.92 Å². The summed E-state index contributed by atoms with van der Waals surface area (Å²) in [5.41, 5.74) is 2.21. The van der Waals surface area contributed by atoms with Gasteiger partial charge >= 0.3 is 0 Å². The fourth-order valence-electron chi connectivity index (χ4n) is 2.36. The number of para-hydroxylation sites is 2. The number of rotatable bonds is 3. The molecule has 1 aromatic carbocycles. The Balaban J connectivity index is 1.65. The normalized spacial score (nSPS) is 21.4. The molecule has 1 aliphatic heterocycles. The summed E-state index contributed by atoms with van der Waals surface area (Å²) in [5.74, 6) is 1.99. The Labute approximate surface area is 106 Å². The molecule has 0 radical (unpaired) electrons. The minimum Gasteiger partial charge on any atom is -0.333 e. The van der Waals surface area contributed by atoms with Gasteiger partial charge < -0.3 is 9.88 Å². The number of aromatic nitrogens is 2. The number of hydrogen-bond donors (Lipinski definition) is 1. The molecule has 17 heavy (non-hydrogen) atoms. The summed E-state index contributed by atoms with van der Waals surface area (Å²) in [6.45, 7) is 2.47. The van der Waals surface area contributed by atoms with Gasteiger partial charge in [0, 0.05) is 12.3 Å². The minimum absolute atomic E-state index is 0.818. The van der Waals surface area contributed by atoms with Crippen LogP contribution in [-0.4, -0.2) is 40.8 Å². The zero-order chi connectivity index (χ0) is 11.7. The number of thioether (sulfide) groups is 1. The predicted molar refractivity (Wildman–Crippen MR) is 72.4 cm³/mol. The van der Waals surface area contributed by atoms with Crippen LogP contribution < -0.4 is 0 Å². The van der Waals surface area contributed by atoms with Gasteiger partial charge in [-0.15, -0.1) is 0 Å². The van der Waals surface area contributed by atoms with Crippen molar-refractivity contribution in [1.29, 1.82) is 0 Å². The molecule has 1 aliphatic rings. The first kappa shape index (κ1) is 11.1. The second kappa shape index (κ2) is 4.70. The summed E-state index contributed by atoms with van der Waals surface area (Å²) in [6.07, 6.45) is 1.32. The van der Waals surface area contributed by atoms with Crippen molar-refractivity contribution in [3.8, 4) is 0 Å². The summed E-state index contributed by atoms with van der Waals surface area (Å²) in [4.78, 5) is 10.4. The molecular formula is C13H17N3S. The van der Waals surface area contributed by atoms with E-state index in [0.717, 1.165) is 22.1 Å². The maximum atomic E-state index is 4.59. The maximum Gasteiger partial charge on any atom is 0.166 e. The lowest BCUT2D eigenvalue weighted by Gasteiger charge is -2.08. The van der Waals surface area contributed by atoms with Crippen LogP contribution in [0.2, 0.25) is 0 Å². The number of aromatic amines is 1. The summed E-state index contributed by atoms with van der Waals surface area (Å²) < 4.78 is 0. The van der Waals surface area contributed by atoms with Gasteiger partial charge in [-0.1, -0.05) is 23.9 Å². The summed E-state index contributed by atoms with van der Waals surface area (Å²) >= 11 is 1.85. The molecule has 3 rings (SSSR count). The van der Waals surface area contributed by atoms with Gasteiger partial charge in [-0.2, -0.15) is 0 Å². The Morgan fingerprint density at radius 1 is 1.47 bits per heavy atom. The average Bonchev–Trinajstić information content (AvgIpc) is 2.91. The van der Waals surface area contributed by atoms with Crippen molar-refractivity contribution in [1.82, 2.24) is 14.9 Å². The van der Waals surface area contributed by atoms with Crippen LogP contribution in [0.15, 0.2) is 29.4 Å². The largest absolute Gasteiger partial charge is 0.333 e. The van der Waals surface area contributed by atoms with Gasteiger partial charge in [0.25, 0.3) is 0 Å². The molecule has 1 saturated heterocycles. The van der Waals surface area contributed by atoms with Crippen LogP contribution in [0.3, 0.4) is 0 Å². The Hall–Kier alpha value is -1.00. The number of hydrogen-bond acceptors (Lipinski definition) is 3. The first-order valence-corrected chi connectivity index (χ1v) is 7.06. The second-order valence-electron chi connectivity index (χ2n) is 4.79. The summed E-state index contributed by atoms with van der Waals surface area (Å²) in [7, 11) is 2.20. The molecule has 0 spiro atoms. The number of imidazole rings is 1. The van der Waals surface area contributed by atoms with Crippen molar-refractivity contribution in [2.45, 2.75) is 11.6 Å². The molecule has 1 atom stereocenters. The summed E-state index contributed by atoms with van der Waals surface area (Å²) in [6, 6.07) is 8.21. The van der Waals surface area contributed by atoms with E-state index in [2.05, 4.69) is 34.0 Å². The number of nitrogens with one attached hydrogen (secondary N) is 1. The van der Waals surface area contributed by atoms with Crippen molar-refractivity contribution in [2.24, 2.45) is 5.92 Å². The van der Waals surface area contributed by atoms with Crippen molar-refractivity contribution >= 4 is 22.8 Å². The highest BCUT2D eigenvalue weighted by Crippen LogP contribution is 2.25. The Bertz CT molecular complexity index is 475. The number of likely N-dealkylation sites (tertiary alicyclic amines) is 1. The highest BCUT2D eigenvalue weighted by molar-refractivity contribution is 7.99. The molecule has 0 amide bonds. The lowest BCUT2D eigenvalue weighted by Crippen LogP contribution is -2.14. The summed E-state index contributed by atoms with van der Waals surface area (Å²) in [5, 5.41) is 1.06. The van der Waals surface area contributed by atoms with Crippen LogP contribution in [0.1, 0.15) is 6.42 Å². The highest BCUT2D eigenvalue weighted by Gasteiger charge is 2.19. The number of benzene rings is 1. The third kappa shape index (κ3) is 2.48. The lowest BCUT2D eigenvalue weighted by molar-refractivity contribution is 0.403. The lowest BCUT2D eigenvalue weighted by atomic mass is 10.2. The molecule has 4 heteroatoms. The molecule has 1 aromatic heterocycles. The molecule has 1 N–H and O–H groups in total. The van der Waals surface area contributed by atoms with Crippen LogP contribution in [0.5, 0.6) is 0 Å². The van der Waals surface area contributed by atoms with Gasteiger partial charge in [-0.05, 0) is 38.1 Å². The standard InChI is InChI=1S/C13H17N3S/c1-16-7-6-10(8-16)9-17-13-14-11-4-2-3-5-12(11)15-13/h2-5,10H,6-9H2,1H3,(H,14,15). The molecule has 1 fully saturated rings. The van der Waals surface area contributed by atoms with Gasteiger partial charge in [0.1, 0.15) is 0 Å². The molecule has 2 heterocycles. The Morgan fingerprint density at radius 2 is 2.35 bits per heavy atom. The van der Waals surface area contributed by atoms with Crippen LogP contribution in [-0.2, 0) is 0 Å². The molecule has 3 nitrogen and oxygen atoms in total. The van der Waals surface area contributed by atoms with E-state index in [1.807, 2.05) is 23.9 Å². The molecule has 2 aromatic rings. The Kier molecular flexibility index (Phi) is 3.07. The third-order valence-electron chi connectivity index (χ3n) is 3.31. The van der Waals surface area contributed by atoms with Crippen molar-refractivity contribution in [3.63, 3.8) is 0 Å². The number of nitrogens with zero attached hydrogens (tertiary/aromatic N) is 2. The number of fused-ring (bicyclic) bond motifs is 1. The van der Waals surface area contributed by atoms with E-state index in [4.69, 9.17) is 0 Å². The van der Waals surface area contributed by atoms with Crippen LogP contribution in [0.25, 0.3) is 11.0 Å². The average molecular weight is 247 g/mol. The highest BCUT2D eigenvalue weighted by atomic mass is 32.2. The molecule has 0 saturated carbocycles. The van der Waals surface area contributed by atoms with Crippen LogP contribution in [0.4, 0.5) is 0 Å². The van der Waals surface area contributed by atoms with Crippen molar-refractivity contribution < 1.29 is 0 Å². The first-order chi connectivity index (χ1) is 8.31. The molecular weight excluding hydrogens is 230 g/mol. The predicted octanol–water partition coefficient (Wildman–Crippen LogP) is 2.61. The topological polar surface area (TPSA) is 31.9 Å². The minimum atomic E-state index is 0.818. The zero-order valence-electron chi connectivity index (χ0n) is 10.0. The van der Waals surface area contributed by atoms with Crippen molar-refractivity contribution in [2.75, 3.05) is 25.9 Å². The molecule has 0 aliphatic carbocycles. The molecule has 1 unspecified atom stereocenters. The fraction of sp³-hybridized carbons (Fsp3) is 0.462. The maximum absolute atomic E-state index is 4.59. The third-order valence-corrected chi connectivity index (χ3v) is 4.42. The van der Waals surface area contributed by atoms with Gasteiger partial charge in [0.2, 0.25) is 0 Å². The monoisotopic (exact) mass is 247 g/mol. The number of H-pyrrole nitrogens is 1. The van der Waals surface area contributed by atoms with Crippen molar-refractivity contribution in [3.05, 3.63) is 24.3 Å². The quantitative estimate of drug-likeness (QED) is 0.846. The van der Waals surface area contributed by atoms with E-state index >= 15 is 0 Å².